The largest absolute Gasteiger partial charge is 0.340 e. The number of hydrogen-bond acceptors (Lipinski definition) is 3. The lowest BCUT2D eigenvalue weighted by Gasteiger charge is -2.36. The van der Waals surface area contributed by atoms with Crippen molar-refractivity contribution in [2.45, 2.75) is 38.8 Å². The van der Waals surface area contributed by atoms with Crippen LogP contribution in [0.3, 0.4) is 0 Å². The first-order valence-electron chi connectivity index (χ1n) is 11.7. The molecule has 0 spiro atoms. The molecule has 2 aliphatic heterocycles. The maximum absolute atomic E-state index is 13.5. The topological polar surface area (TPSA) is 26.8 Å². The second-order valence-electron chi connectivity index (χ2n) is 9.05. The Kier molecular flexibility index (Phi) is 7.71. The second kappa shape index (κ2) is 10.9. The van der Waals surface area contributed by atoms with Crippen LogP contribution in [-0.2, 0) is 17.9 Å². The summed E-state index contributed by atoms with van der Waals surface area (Å²) in [5.74, 6) is 0.702. The number of halogens is 1. The van der Waals surface area contributed by atoms with Gasteiger partial charge in [0.25, 0.3) is 0 Å². The molecule has 5 heteroatoms. The fourth-order valence-corrected chi connectivity index (χ4v) is 4.91. The standard InChI is InChI=1S/C26H34FN3O/c27-25-10-4-8-24(18-25)21-29-13-5-9-23(20-29)11-12-26(31)30-16-14-28(15-17-30)19-22-6-2-1-3-7-22/h1-4,6-8,10,18,23H,5,9,11-17,19-21H2/t23-/m1/s1. The summed E-state index contributed by atoms with van der Waals surface area (Å²) in [6, 6.07) is 17.4. The van der Waals surface area contributed by atoms with E-state index in [1.165, 1.54) is 18.1 Å². The number of nitrogens with zero attached hydrogens (tertiary/aromatic N) is 3. The van der Waals surface area contributed by atoms with Crippen molar-refractivity contribution < 1.29 is 9.18 Å². The lowest BCUT2D eigenvalue weighted by molar-refractivity contribution is -0.133. The maximum atomic E-state index is 13.5. The van der Waals surface area contributed by atoms with E-state index in [9.17, 15) is 9.18 Å². The molecule has 0 N–H and O–H groups in total. The molecule has 2 aromatic rings. The average Bonchev–Trinajstić information content (AvgIpc) is 2.79. The first-order chi connectivity index (χ1) is 15.2. The van der Waals surface area contributed by atoms with Crippen LogP contribution in [-0.4, -0.2) is 59.9 Å². The molecule has 2 aliphatic rings. The highest BCUT2D eigenvalue weighted by Crippen LogP contribution is 2.23. The zero-order valence-corrected chi connectivity index (χ0v) is 18.4. The van der Waals surface area contributed by atoms with Crippen LogP contribution in [0.4, 0.5) is 4.39 Å². The minimum Gasteiger partial charge on any atom is -0.340 e. The van der Waals surface area contributed by atoms with Gasteiger partial charge in [0.05, 0.1) is 0 Å². The van der Waals surface area contributed by atoms with Crippen molar-refractivity contribution in [2.24, 2.45) is 5.92 Å². The number of likely N-dealkylation sites (tertiary alicyclic amines) is 1. The summed E-state index contributed by atoms with van der Waals surface area (Å²) in [5.41, 5.74) is 2.37. The van der Waals surface area contributed by atoms with E-state index in [1.54, 1.807) is 12.1 Å². The summed E-state index contributed by atoms with van der Waals surface area (Å²) in [6.45, 7) is 7.40. The molecule has 4 nitrogen and oxygen atoms in total. The molecule has 0 saturated carbocycles. The van der Waals surface area contributed by atoms with Gasteiger partial charge < -0.3 is 4.90 Å². The summed E-state index contributed by atoms with van der Waals surface area (Å²) in [6.07, 6.45) is 3.96. The number of carbonyl (C=O) groups is 1. The lowest BCUT2D eigenvalue weighted by atomic mass is 9.92. The molecule has 1 amide bonds. The van der Waals surface area contributed by atoms with Crippen molar-refractivity contribution in [1.29, 1.82) is 0 Å². The first-order valence-corrected chi connectivity index (χ1v) is 11.7. The van der Waals surface area contributed by atoms with Gasteiger partial charge in [0.15, 0.2) is 0 Å². The minimum atomic E-state index is -0.166. The van der Waals surface area contributed by atoms with Crippen molar-refractivity contribution in [3.63, 3.8) is 0 Å². The van der Waals surface area contributed by atoms with E-state index >= 15 is 0 Å². The highest BCUT2D eigenvalue weighted by Gasteiger charge is 2.24. The van der Waals surface area contributed by atoms with Crippen LogP contribution in [0.2, 0.25) is 0 Å². The molecule has 0 radical (unpaired) electrons. The van der Waals surface area contributed by atoms with Crippen molar-refractivity contribution in [3.8, 4) is 0 Å². The normalized spacial score (nSPS) is 20.7. The third-order valence-corrected chi connectivity index (χ3v) is 6.64. The van der Waals surface area contributed by atoms with Crippen molar-refractivity contribution >= 4 is 5.91 Å². The molecule has 0 unspecified atom stereocenters. The molecular formula is C26H34FN3O. The second-order valence-corrected chi connectivity index (χ2v) is 9.05. The van der Waals surface area contributed by atoms with E-state index in [1.807, 2.05) is 12.1 Å². The van der Waals surface area contributed by atoms with Crippen LogP contribution in [0.25, 0.3) is 0 Å². The fraction of sp³-hybridized carbons (Fsp3) is 0.500. The number of hydrogen-bond donors (Lipinski definition) is 0. The first kappa shape index (κ1) is 22.0. The number of benzene rings is 2. The fourth-order valence-electron chi connectivity index (χ4n) is 4.91. The van der Waals surface area contributed by atoms with E-state index in [0.717, 1.165) is 70.8 Å². The highest BCUT2D eigenvalue weighted by atomic mass is 19.1. The third-order valence-electron chi connectivity index (χ3n) is 6.64. The zero-order valence-electron chi connectivity index (χ0n) is 18.4. The Balaban J connectivity index is 1.17. The molecule has 2 heterocycles. The zero-order chi connectivity index (χ0) is 21.5. The predicted molar refractivity (Wildman–Crippen MR) is 122 cm³/mol. The number of carbonyl (C=O) groups excluding carboxylic acids is 1. The van der Waals surface area contributed by atoms with E-state index in [0.29, 0.717) is 18.2 Å². The van der Waals surface area contributed by atoms with E-state index in [2.05, 4.69) is 39.0 Å². The molecule has 2 saturated heterocycles. The molecule has 0 aromatic heterocycles. The van der Waals surface area contributed by atoms with Gasteiger partial charge in [-0.2, -0.15) is 0 Å². The van der Waals surface area contributed by atoms with Gasteiger partial charge in [0.1, 0.15) is 5.82 Å². The van der Waals surface area contributed by atoms with Gasteiger partial charge in [0.2, 0.25) is 5.91 Å². The Morgan fingerprint density at radius 2 is 1.61 bits per heavy atom. The summed E-state index contributed by atoms with van der Waals surface area (Å²) in [5, 5.41) is 0. The lowest BCUT2D eigenvalue weighted by Crippen LogP contribution is -2.48. The quantitative estimate of drug-likeness (QED) is 0.669. The van der Waals surface area contributed by atoms with Gasteiger partial charge in [-0.05, 0) is 55.0 Å². The van der Waals surface area contributed by atoms with Crippen LogP contribution in [0.15, 0.2) is 54.6 Å². The van der Waals surface area contributed by atoms with Crippen LogP contribution >= 0.6 is 0 Å². The molecule has 31 heavy (non-hydrogen) atoms. The van der Waals surface area contributed by atoms with Gasteiger partial charge >= 0.3 is 0 Å². The van der Waals surface area contributed by atoms with Crippen LogP contribution in [0.1, 0.15) is 36.8 Å². The van der Waals surface area contributed by atoms with Crippen LogP contribution in [0, 0.1) is 11.7 Å². The van der Waals surface area contributed by atoms with Gasteiger partial charge in [0, 0.05) is 52.2 Å². The van der Waals surface area contributed by atoms with E-state index in [-0.39, 0.29) is 5.82 Å². The van der Waals surface area contributed by atoms with E-state index in [4.69, 9.17) is 0 Å². The predicted octanol–water partition coefficient (Wildman–Crippen LogP) is 4.16. The highest BCUT2D eigenvalue weighted by molar-refractivity contribution is 5.76. The van der Waals surface area contributed by atoms with Crippen molar-refractivity contribution in [2.75, 3.05) is 39.3 Å². The molecule has 4 rings (SSSR count). The van der Waals surface area contributed by atoms with Gasteiger partial charge in [-0.25, -0.2) is 4.39 Å². The summed E-state index contributed by atoms with van der Waals surface area (Å²) in [4.78, 5) is 19.7. The number of rotatable bonds is 7. The van der Waals surface area contributed by atoms with Crippen molar-refractivity contribution in [1.82, 2.24) is 14.7 Å². The van der Waals surface area contributed by atoms with Crippen LogP contribution in [0.5, 0.6) is 0 Å². The van der Waals surface area contributed by atoms with Gasteiger partial charge in [-0.1, -0.05) is 42.5 Å². The molecule has 2 aromatic carbocycles. The molecular weight excluding hydrogens is 389 g/mol. The number of piperazine rings is 1. The van der Waals surface area contributed by atoms with Gasteiger partial charge in [-0.3, -0.25) is 14.6 Å². The molecule has 166 valence electrons. The number of piperidine rings is 1. The Labute approximate surface area is 185 Å². The Morgan fingerprint density at radius 1 is 0.871 bits per heavy atom. The Bertz CT molecular complexity index is 836. The smallest absolute Gasteiger partial charge is 0.222 e. The Morgan fingerprint density at radius 3 is 2.39 bits per heavy atom. The summed E-state index contributed by atoms with van der Waals surface area (Å²) < 4.78 is 13.5. The molecule has 1 atom stereocenters. The maximum Gasteiger partial charge on any atom is 0.222 e. The summed E-state index contributed by atoms with van der Waals surface area (Å²) in [7, 11) is 0. The molecule has 2 fully saturated rings. The number of amides is 1. The average molecular weight is 424 g/mol. The van der Waals surface area contributed by atoms with Crippen LogP contribution < -0.4 is 0 Å². The van der Waals surface area contributed by atoms with Crippen molar-refractivity contribution in [3.05, 3.63) is 71.5 Å². The monoisotopic (exact) mass is 423 g/mol. The Hall–Kier alpha value is -2.24. The molecule has 0 bridgehead atoms. The third kappa shape index (κ3) is 6.62. The summed E-state index contributed by atoms with van der Waals surface area (Å²) >= 11 is 0. The minimum absolute atomic E-state index is 0.166. The van der Waals surface area contributed by atoms with E-state index < -0.39 is 0 Å². The van der Waals surface area contributed by atoms with Gasteiger partial charge in [-0.15, -0.1) is 0 Å². The SMILES string of the molecule is O=C(CC[C@H]1CCCN(Cc2cccc(F)c2)C1)N1CCN(Cc2ccccc2)CC1. The molecule has 0 aliphatic carbocycles.